The number of halogens is 1. The summed E-state index contributed by atoms with van der Waals surface area (Å²) >= 11 is 6.27. The molecule has 0 aliphatic rings. The van der Waals surface area contributed by atoms with Gasteiger partial charge in [-0.05, 0) is 54.1 Å². The van der Waals surface area contributed by atoms with Crippen LogP contribution >= 0.6 is 11.6 Å². The molecule has 1 heterocycles. The van der Waals surface area contributed by atoms with Crippen molar-refractivity contribution in [3.63, 3.8) is 0 Å². The van der Waals surface area contributed by atoms with Crippen LogP contribution in [0.1, 0.15) is 15.9 Å². The number of methoxy groups -OCH3 is 1. The Morgan fingerprint density at radius 2 is 1.84 bits per heavy atom. The van der Waals surface area contributed by atoms with Crippen molar-refractivity contribution in [2.75, 3.05) is 7.11 Å². The van der Waals surface area contributed by atoms with Gasteiger partial charge in [0.15, 0.2) is 5.78 Å². The van der Waals surface area contributed by atoms with Gasteiger partial charge in [0.2, 0.25) is 0 Å². The molecule has 0 saturated heterocycles. The molecule has 0 unspecified atom stereocenters. The van der Waals surface area contributed by atoms with Crippen molar-refractivity contribution in [1.82, 2.24) is 4.98 Å². The van der Waals surface area contributed by atoms with Crippen molar-refractivity contribution < 1.29 is 14.3 Å². The fourth-order valence-corrected chi connectivity index (χ4v) is 2.54. The lowest BCUT2D eigenvalue weighted by Gasteiger charge is -2.09. The molecule has 1 aromatic heterocycles. The van der Waals surface area contributed by atoms with Gasteiger partial charge in [0.05, 0.1) is 12.1 Å². The first-order chi connectivity index (χ1) is 12.2. The smallest absolute Gasteiger partial charge is 0.167 e. The fourth-order valence-electron chi connectivity index (χ4n) is 2.32. The molecule has 0 atom stereocenters. The summed E-state index contributed by atoms with van der Waals surface area (Å²) in [4.78, 5) is 16.4. The van der Waals surface area contributed by atoms with Crippen molar-refractivity contribution in [3.05, 3.63) is 83.1 Å². The van der Waals surface area contributed by atoms with Gasteiger partial charge in [0.25, 0.3) is 0 Å². The van der Waals surface area contributed by atoms with Crippen molar-refractivity contribution >= 4 is 17.4 Å². The fraction of sp³-hybridized carbons (Fsp3) is 0.100. The first-order valence-corrected chi connectivity index (χ1v) is 8.07. The van der Waals surface area contributed by atoms with E-state index in [1.807, 2.05) is 6.07 Å². The van der Waals surface area contributed by atoms with Gasteiger partial charge in [-0.2, -0.15) is 0 Å². The summed E-state index contributed by atoms with van der Waals surface area (Å²) in [6.07, 6.45) is 3.64. The van der Waals surface area contributed by atoms with Gasteiger partial charge in [-0.3, -0.25) is 9.78 Å². The Bertz CT molecular complexity index is 864. The lowest BCUT2D eigenvalue weighted by Crippen LogP contribution is -2.04. The van der Waals surface area contributed by atoms with Gasteiger partial charge >= 0.3 is 0 Å². The van der Waals surface area contributed by atoms with Gasteiger partial charge in [0.1, 0.15) is 17.2 Å². The SMILES string of the molecule is COc1ccc(Oc2ccc(C(=O)Cc3cccnc3)cc2Cl)cc1. The van der Waals surface area contributed by atoms with Crippen LogP contribution in [0.3, 0.4) is 0 Å². The van der Waals surface area contributed by atoms with Gasteiger partial charge in [-0.1, -0.05) is 17.7 Å². The zero-order chi connectivity index (χ0) is 17.6. The maximum absolute atomic E-state index is 12.4. The Balaban J connectivity index is 1.72. The van der Waals surface area contributed by atoms with Crippen LogP contribution < -0.4 is 9.47 Å². The molecule has 25 heavy (non-hydrogen) atoms. The van der Waals surface area contributed by atoms with Crippen molar-refractivity contribution in [3.8, 4) is 17.2 Å². The molecular formula is C20H16ClNO3. The number of hydrogen-bond acceptors (Lipinski definition) is 4. The number of aromatic nitrogens is 1. The molecule has 0 aliphatic heterocycles. The minimum absolute atomic E-state index is 0.0223. The molecule has 4 nitrogen and oxygen atoms in total. The number of hydrogen-bond donors (Lipinski definition) is 0. The predicted molar refractivity (Wildman–Crippen MR) is 96.8 cm³/mol. The lowest BCUT2D eigenvalue weighted by atomic mass is 10.0. The standard InChI is InChI=1S/C20H16ClNO3/c1-24-16-5-7-17(8-6-16)25-20-9-4-15(12-18(20)21)19(23)11-14-3-2-10-22-13-14/h2-10,12-13H,11H2,1H3. The molecule has 126 valence electrons. The molecule has 0 fully saturated rings. The second-order valence-electron chi connectivity index (χ2n) is 5.38. The number of carbonyl (C=O) groups excluding carboxylic acids is 1. The van der Waals surface area contributed by atoms with Gasteiger partial charge in [-0.25, -0.2) is 0 Å². The number of ether oxygens (including phenoxy) is 2. The van der Waals surface area contributed by atoms with Crippen molar-refractivity contribution in [2.45, 2.75) is 6.42 Å². The second-order valence-corrected chi connectivity index (χ2v) is 5.79. The van der Waals surface area contributed by atoms with E-state index in [2.05, 4.69) is 4.98 Å². The van der Waals surface area contributed by atoms with Gasteiger partial charge in [-0.15, -0.1) is 0 Å². The first-order valence-electron chi connectivity index (χ1n) is 7.69. The first kappa shape index (κ1) is 17.0. The number of Topliss-reactive ketones (excluding diaryl/α,β-unsaturated/α-hetero) is 1. The van der Waals surface area contributed by atoms with Gasteiger partial charge < -0.3 is 9.47 Å². The topological polar surface area (TPSA) is 48.4 Å². The van der Waals surface area contributed by atoms with Crippen molar-refractivity contribution in [2.24, 2.45) is 0 Å². The van der Waals surface area contributed by atoms with Crippen LogP contribution in [0.2, 0.25) is 5.02 Å². The molecule has 3 aromatic rings. The van der Waals surface area contributed by atoms with E-state index in [0.29, 0.717) is 22.1 Å². The number of ketones is 1. The molecule has 0 radical (unpaired) electrons. The quantitative estimate of drug-likeness (QED) is 0.587. The average molecular weight is 354 g/mol. The highest BCUT2D eigenvalue weighted by Gasteiger charge is 2.11. The maximum atomic E-state index is 12.4. The van der Waals surface area contributed by atoms with Crippen LogP contribution in [0.25, 0.3) is 0 Å². The number of rotatable bonds is 6. The van der Waals surface area contributed by atoms with E-state index in [4.69, 9.17) is 21.1 Å². The third kappa shape index (κ3) is 4.37. The predicted octanol–water partition coefficient (Wildman–Crippen LogP) is 4.96. The summed E-state index contributed by atoms with van der Waals surface area (Å²) < 4.78 is 10.9. The zero-order valence-corrected chi connectivity index (χ0v) is 14.4. The number of carbonyl (C=O) groups is 1. The molecule has 0 bridgehead atoms. The molecule has 0 N–H and O–H groups in total. The third-order valence-electron chi connectivity index (χ3n) is 3.63. The van der Waals surface area contributed by atoms with E-state index < -0.39 is 0 Å². The van der Waals surface area contributed by atoms with Crippen LogP contribution in [0, 0.1) is 0 Å². The summed E-state index contributed by atoms with van der Waals surface area (Å²) in [6.45, 7) is 0. The highest BCUT2D eigenvalue weighted by atomic mass is 35.5. The minimum Gasteiger partial charge on any atom is -0.497 e. The summed E-state index contributed by atoms with van der Waals surface area (Å²) in [7, 11) is 1.61. The Morgan fingerprint density at radius 3 is 2.48 bits per heavy atom. The summed E-state index contributed by atoms with van der Waals surface area (Å²) in [5.74, 6) is 1.85. The highest BCUT2D eigenvalue weighted by molar-refractivity contribution is 6.32. The molecule has 2 aromatic carbocycles. The molecule has 3 rings (SSSR count). The van der Waals surface area contributed by atoms with E-state index in [1.165, 1.54) is 0 Å². The molecule has 0 aliphatic carbocycles. The Hall–Kier alpha value is -2.85. The largest absolute Gasteiger partial charge is 0.497 e. The molecule has 0 spiro atoms. The average Bonchev–Trinajstić information content (AvgIpc) is 2.65. The molecular weight excluding hydrogens is 338 g/mol. The van der Waals surface area contributed by atoms with Crippen LogP contribution in [0.4, 0.5) is 0 Å². The highest BCUT2D eigenvalue weighted by Crippen LogP contribution is 2.31. The summed E-state index contributed by atoms with van der Waals surface area (Å²) in [5.41, 5.74) is 1.40. The van der Waals surface area contributed by atoms with E-state index in [0.717, 1.165) is 11.3 Å². The third-order valence-corrected chi connectivity index (χ3v) is 3.92. The monoisotopic (exact) mass is 353 g/mol. The van der Waals surface area contributed by atoms with E-state index in [-0.39, 0.29) is 12.2 Å². The summed E-state index contributed by atoms with van der Waals surface area (Å²) in [5, 5.41) is 0.382. The lowest BCUT2D eigenvalue weighted by molar-refractivity contribution is 0.0993. The van der Waals surface area contributed by atoms with Crippen LogP contribution in [0.15, 0.2) is 67.0 Å². The Kier molecular flexibility index (Phi) is 5.31. The molecule has 5 heteroatoms. The van der Waals surface area contributed by atoms with Crippen LogP contribution in [0.5, 0.6) is 17.2 Å². The minimum atomic E-state index is -0.0223. The zero-order valence-electron chi connectivity index (χ0n) is 13.6. The Labute approximate surface area is 151 Å². The van der Waals surface area contributed by atoms with E-state index >= 15 is 0 Å². The molecule has 0 saturated carbocycles. The van der Waals surface area contributed by atoms with E-state index in [9.17, 15) is 4.79 Å². The second kappa shape index (κ2) is 7.81. The Morgan fingerprint density at radius 1 is 1.08 bits per heavy atom. The molecule has 0 amide bonds. The maximum Gasteiger partial charge on any atom is 0.167 e. The van der Waals surface area contributed by atoms with E-state index in [1.54, 1.807) is 68.0 Å². The van der Waals surface area contributed by atoms with Crippen molar-refractivity contribution in [1.29, 1.82) is 0 Å². The van der Waals surface area contributed by atoms with Crippen LogP contribution in [-0.2, 0) is 6.42 Å². The summed E-state index contributed by atoms with van der Waals surface area (Å²) in [6, 6.07) is 15.9. The normalized spacial score (nSPS) is 10.3. The van der Waals surface area contributed by atoms with Crippen LogP contribution in [-0.4, -0.2) is 17.9 Å². The number of pyridine rings is 1. The number of nitrogens with zero attached hydrogens (tertiary/aromatic N) is 1. The van der Waals surface area contributed by atoms with Gasteiger partial charge in [0, 0.05) is 24.4 Å². The number of benzene rings is 2.